The lowest BCUT2D eigenvalue weighted by atomic mass is 9.99. The molecule has 8 heteroatoms. The van der Waals surface area contributed by atoms with E-state index < -0.39 is 28.6 Å². The van der Waals surface area contributed by atoms with Crippen molar-refractivity contribution >= 4 is 32.8 Å². The van der Waals surface area contributed by atoms with E-state index >= 15 is 0 Å². The van der Waals surface area contributed by atoms with Crippen molar-refractivity contribution in [1.29, 1.82) is 0 Å². The van der Waals surface area contributed by atoms with Gasteiger partial charge in [0.2, 0.25) is 5.76 Å². The highest BCUT2D eigenvalue weighted by Crippen LogP contribution is 2.48. The number of carbonyl (C=O) groups is 1. The molecule has 1 aromatic heterocycles. The van der Waals surface area contributed by atoms with Gasteiger partial charge in [-0.25, -0.2) is 4.31 Å². The van der Waals surface area contributed by atoms with Crippen LogP contribution >= 0.6 is 10.7 Å². The van der Waals surface area contributed by atoms with Crippen LogP contribution in [0.3, 0.4) is 0 Å². The number of carboxylic acid groups (broad SMARTS) is 1. The lowest BCUT2D eigenvalue weighted by Crippen LogP contribution is -2.18. The average Bonchev–Trinajstić information content (AvgIpc) is 3.69. The molecule has 0 saturated heterocycles. The minimum atomic E-state index is -4.55. The lowest BCUT2D eigenvalue weighted by molar-refractivity contribution is -0.153. The molecule has 0 radical (unpaired) electrons. The largest absolute Gasteiger partial charge is 0.481 e. The molecule has 0 amide bonds. The van der Waals surface area contributed by atoms with Gasteiger partial charge in [-0.15, -0.1) is 0 Å². The van der Waals surface area contributed by atoms with Gasteiger partial charge in [-0.05, 0) is 82.3 Å². The van der Waals surface area contributed by atoms with Gasteiger partial charge in [0.05, 0.1) is 12.5 Å². The molecular formula is C36H32F3NO3S. The van der Waals surface area contributed by atoms with E-state index in [-0.39, 0.29) is 24.1 Å². The average molecular weight is 616 g/mol. The number of benzene rings is 4. The van der Waals surface area contributed by atoms with E-state index in [1.54, 1.807) is 0 Å². The molecule has 3 unspecified atom stereocenters. The van der Waals surface area contributed by atoms with Crippen LogP contribution in [0.1, 0.15) is 47.5 Å². The van der Waals surface area contributed by atoms with Crippen LogP contribution in [0.25, 0.3) is 21.9 Å². The number of carboxylic acids is 1. The minimum Gasteiger partial charge on any atom is -0.481 e. The highest BCUT2D eigenvalue weighted by Gasteiger charge is 2.44. The van der Waals surface area contributed by atoms with Crippen molar-refractivity contribution in [2.24, 2.45) is 5.92 Å². The van der Waals surface area contributed by atoms with Gasteiger partial charge >= 0.3 is 12.1 Å². The van der Waals surface area contributed by atoms with Crippen molar-refractivity contribution in [2.75, 3.05) is 0 Å². The third kappa shape index (κ3) is 6.23. The summed E-state index contributed by atoms with van der Waals surface area (Å²) in [4.78, 5) is 12.5. The van der Waals surface area contributed by atoms with Crippen LogP contribution in [0, 0.1) is 12.8 Å². The molecule has 4 aromatic carbocycles. The molecule has 6 rings (SSSR count). The topological polar surface area (TPSA) is 53.7 Å². The fourth-order valence-electron chi connectivity index (χ4n) is 5.80. The van der Waals surface area contributed by atoms with Gasteiger partial charge in [-0.2, -0.15) is 13.2 Å². The smallest absolute Gasteiger partial charge is 0.449 e. The van der Waals surface area contributed by atoms with E-state index in [1.807, 2.05) is 61.5 Å². The maximum absolute atomic E-state index is 13.4. The van der Waals surface area contributed by atoms with Crippen molar-refractivity contribution in [3.63, 3.8) is 0 Å². The maximum atomic E-state index is 13.4. The standard InChI is InChI=1S/C36H32F3NO3S/c1-3-44(34-23(2)11-14-26-7-4-5-10-30(26)34)40(22-29-17-18-33(43-29)36(37,38)39)21-24-12-15-25(16-13-24)27-8-6-9-28(19-27)31-20-32(31)35(41)42/h3-19,31-32H,20-22H2,1-2H3,(H,41,42). The first-order valence-electron chi connectivity index (χ1n) is 14.5. The van der Waals surface area contributed by atoms with Crippen molar-refractivity contribution in [3.8, 4) is 11.1 Å². The van der Waals surface area contributed by atoms with Crippen LogP contribution in [-0.2, 0) is 24.1 Å². The molecule has 1 aliphatic carbocycles. The quantitative estimate of drug-likeness (QED) is 0.168. The van der Waals surface area contributed by atoms with Gasteiger partial charge in [0.25, 0.3) is 0 Å². The second-order valence-electron chi connectivity index (χ2n) is 11.2. The molecule has 4 nitrogen and oxygen atoms in total. The zero-order valence-electron chi connectivity index (χ0n) is 24.3. The molecule has 0 bridgehead atoms. The fraction of sp³-hybridized carbons (Fsp3) is 0.222. The maximum Gasteiger partial charge on any atom is 0.449 e. The van der Waals surface area contributed by atoms with Crippen molar-refractivity contribution < 1.29 is 27.5 Å². The van der Waals surface area contributed by atoms with E-state index in [4.69, 9.17) is 4.42 Å². The second-order valence-corrected chi connectivity index (χ2v) is 13.2. The Morgan fingerprint density at radius 3 is 2.41 bits per heavy atom. The highest BCUT2D eigenvalue weighted by atomic mass is 32.2. The first-order valence-corrected chi connectivity index (χ1v) is 15.7. The van der Waals surface area contributed by atoms with E-state index in [9.17, 15) is 23.1 Å². The van der Waals surface area contributed by atoms with Gasteiger partial charge in [0.1, 0.15) is 5.76 Å². The minimum absolute atomic E-state index is 0.0560. The summed E-state index contributed by atoms with van der Waals surface area (Å²) in [7, 11) is -0.563. The third-order valence-corrected chi connectivity index (χ3v) is 10.4. The van der Waals surface area contributed by atoms with E-state index in [2.05, 4.69) is 46.9 Å². The van der Waals surface area contributed by atoms with E-state index in [0.29, 0.717) is 13.0 Å². The summed E-state index contributed by atoms with van der Waals surface area (Å²) in [5, 5.41) is 13.7. The van der Waals surface area contributed by atoms with Gasteiger partial charge in [0, 0.05) is 11.4 Å². The van der Waals surface area contributed by atoms with Crippen molar-refractivity contribution in [1.82, 2.24) is 4.31 Å². The van der Waals surface area contributed by atoms with Crippen molar-refractivity contribution in [3.05, 3.63) is 125 Å². The molecule has 1 fully saturated rings. The Morgan fingerprint density at radius 2 is 1.73 bits per heavy atom. The van der Waals surface area contributed by atoms with Crippen LogP contribution in [0.4, 0.5) is 13.2 Å². The molecule has 3 atom stereocenters. The monoisotopic (exact) mass is 615 g/mol. The number of rotatable bonds is 9. The molecule has 1 heterocycles. The molecule has 226 valence electrons. The zero-order chi connectivity index (χ0) is 31.0. The van der Waals surface area contributed by atoms with Gasteiger partial charge in [-0.1, -0.05) is 95.6 Å². The fourth-order valence-corrected chi connectivity index (χ4v) is 7.96. The first-order chi connectivity index (χ1) is 21.1. The summed E-state index contributed by atoms with van der Waals surface area (Å²) in [6.45, 7) is 4.75. The Kier molecular flexibility index (Phi) is 8.22. The Labute approximate surface area is 256 Å². The van der Waals surface area contributed by atoms with Crippen LogP contribution in [0.2, 0.25) is 0 Å². The number of alkyl halides is 3. The summed E-state index contributed by atoms with van der Waals surface area (Å²) in [5.41, 5.74) is 5.20. The summed E-state index contributed by atoms with van der Waals surface area (Å²) in [5.74, 6) is -1.75. The number of aryl methyl sites for hydroxylation is 1. The summed E-state index contributed by atoms with van der Waals surface area (Å²) < 4.78 is 47.6. The lowest BCUT2D eigenvalue weighted by Gasteiger charge is -2.28. The Bertz CT molecular complexity index is 1860. The number of hydrogen-bond donors (Lipinski definition) is 1. The SMILES string of the molecule is C/C=S(\c1c(C)ccc2ccccc12)N(Cc1ccc(-c2cccc(C3CC3C(=O)O)c2)cc1)Cc1ccc(C(F)(F)F)o1. The number of hydrogen-bond acceptors (Lipinski definition) is 3. The Hall–Kier alpha value is -4.14. The summed E-state index contributed by atoms with van der Waals surface area (Å²) in [6.07, 6.45) is -3.88. The number of fused-ring (bicyclic) bond motifs is 1. The predicted octanol–water partition coefficient (Wildman–Crippen LogP) is 9.68. The molecule has 0 aliphatic heterocycles. The Morgan fingerprint density at radius 1 is 0.955 bits per heavy atom. The molecule has 0 spiro atoms. The second kappa shape index (κ2) is 12.1. The third-order valence-electron chi connectivity index (χ3n) is 8.13. The number of aliphatic carboxylic acids is 1. The van der Waals surface area contributed by atoms with Crippen molar-refractivity contribution in [2.45, 2.75) is 50.3 Å². The summed E-state index contributed by atoms with van der Waals surface area (Å²) >= 11 is 0. The first kappa shape index (κ1) is 29.9. The molecule has 44 heavy (non-hydrogen) atoms. The predicted molar refractivity (Wildman–Crippen MR) is 170 cm³/mol. The Balaban J connectivity index is 1.32. The highest BCUT2D eigenvalue weighted by molar-refractivity contribution is 8.13. The molecule has 1 aliphatic rings. The summed E-state index contributed by atoms with van der Waals surface area (Å²) in [6, 6.07) is 31.0. The molecule has 1 saturated carbocycles. The van der Waals surface area contributed by atoms with Crippen LogP contribution < -0.4 is 0 Å². The van der Waals surface area contributed by atoms with Gasteiger partial charge in [0.15, 0.2) is 0 Å². The molecular weight excluding hydrogens is 583 g/mol. The van der Waals surface area contributed by atoms with Crippen LogP contribution in [0.5, 0.6) is 0 Å². The molecule has 1 N–H and O–H groups in total. The van der Waals surface area contributed by atoms with Gasteiger partial charge < -0.3 is 9.52 Å². The van der Waals surface area contributed by atoms with Gasteiger partial charge in [-0.3, -0.25) is 4.79 Å². The zero-order valence-corrected chi connectivity index (χ0v) is 25.2. The van der Waals surface area contributed by atoms with Crippen LogP contribution in [0.15, 0.2) is 106 Å². The normalized spacial score (nSPS) is 17.3. The number of halogens is 3. The number of furan rings is 1. The van der Waals surface area contributed by atoms with E-state index in [1.165, 1.54) is 6.07 Å². The van der Waals surface area contributed by atoms with Crippen LogP contribution in [-0.4, -0.2) is 20.7 Å². The van der Waals surface area contributed by atoms with E-state index in [0.717, 1.165) is 49.6 Å². The number of nitrogens with zero attached hydrogens (tertiary/aromatic N) is 1. The molecule has 5 aromatic rings.